The van der Waals surface area contributed by atoms with Crippen LogP contribution < -0.4 is 17.0 Å². The van der Waals surface area contributed by atoms with Crippen LogP contribution in [0, 0.1) is 23.5 Å². The van der Waals surface area contributed by atoms with E-state index in [1.165, 1.54) is 24.3 Å². The lowest BCUT2D eigenvalue weighted by Crippen LogP contribution is -3.00. The third kappa shape index (κ3) is 6.50. The zero-order chi connectivity index (χ0) is 26.0. The second-order valence-electron chi connectivity index (χ2n) is 10.3. The van der Waals surface area contributed by atoms with Crippen LogP contribution in [0.25, 0.3) is 0 Å². The number of esters is 1. The van der Waals surface area contributed by atoms with Crippen LogP contribution in [0.5, 0.6) is 0 Å². The summed E-state index contributed by atoms with van der Waals surface area (Å²) in [6, 6.07) is 18.6. The molecular weight excluding hydrogens is 576 g/mol. The van der Waals surface area contributed by atoms with Crippen LogP contribution in [0.15, 0.2) is 72.8 Å². The Kier molecular flexibility index (Phi) is 9.01. The highest BCUT2D eigenvalue weighted by molar-refractivity contribution is 6.30. The molecule has 4 nitrogen and oxygen atoms in total. The molecule has 3 aromatic rings. The first kappa shape index (κ1) is 28.4. The highest BCUT2D eigenvalue weighted by Gasteiger charge is 2.47. The summed E-state index contributed by atoms with van der Waals surface area (Å²) in [5, 5.41) is 0.593. The molecule has 0 N–H and O–H groups in total. The number of piperidine rings is 3. The van der Waals surface area contributed by atoms with Gasteiger partial charge in [0.1, 0.15) is 18.2 Å². The van der Waals surface area contributed by atoms with E-state index < -0.39 is 23.7 Å². The van der Waals surface area contributed by atoms with Crippen LogP contribution in [0.1, 0.15) is 46.9 Å². The predicted octanol–water partition coefficient (Wildman–Crippen LogP) is 3.38. The number of hydrogen-bond donors (Lipinski definition) is 0. The van der Waals surface area contributed by atoms with Crippen molar-refractivity contribution in [2.75, 3.05) is 26.2 Å². The number of hydrogen-bond acceptors (Lipinski definition) is 3. The van der Waals surface area contributed by atoms with Crippen molar-refractivity contribution in [3.05, 3.63) is 106 Å². The monoisotopic (exact) mass is 603 g/mol. The number of quaternary nitrogens is 1. The van der Waals surface area contributed by atoms with Gasteiger partial charge in [-0.2, -0.15) is 0 Å². The SMILES string of the molecule is O=C(C[C@H]1C[N+]2(CC(=O)c3ccc(Cl)cc3)CCC1CC2)OC(c1cccc(F)c1)c1cccc(F)c1.[Br-]. The first-order chi connectivity index (χ1) is 17.8. The molecule has 0 unspecified atom stereocenters. The molecule has 0 amide bonds. The number of halogens is 4. The minimum absolute atomic E-state index is 0. The molecule has 0 saturated carbocycles. The number of nitrogens with zero attached hydrogens (tertiary/aromatic N) is 1. The Labute approximate surface area is 236 Å². The van der Waals surface area contributed by atoms with Gasteiger partial charge in [0.05, 0.1) is 26.1 Å². The van der Waals surface area contributed by atoms with Crippen molar-refractivity contribution >= 4 is 23.4 Å². The van der Waals surface area contributed by atoms with Gasteiger partial charge in [0.2, 0.25) is 5.78 Å². The smallest absolute Gasteiger partial charge is 0.307 e. The highest BCUT2D eigenvalue weighted by Crippen LogP contribution is 2.40. The van der Waals surface area contributed by atoms with Crippen molar-refractivity contribution in [1.82, 2.24) is 0 Å². The zero-order valence-corrected chi connectivity index (χ0v) is 23.1. The first-order valence-corrected chi connectivity index (χ1v) is 13.0. The average Bonchev–Trinajstić information content (AvgIpc) is 2.88. The van der Waals surface area contributed by atoms with Crippen LogP contribution in [0.4, 0.5) is 8.78 Å². The summed E-state index contributed by atoms with van der Waals surface area (Å²) in [6.45, 7) is 2.98. The molecule has 3 heterocycles. The maximum absolute atomic E-state index is 14.0. The molecule has 3 saturated heterocycles. The van der Waals surface area contributed by atoms with Gasteiger partial charge in [-0.3, -0.25) is 9.59 Å². The second kappa shape index (κ2) is 12.1. The lowest BCUT2D eigenvalue weighted by molar-refractivity contribution is -0.939. The summed E-state index contributed by atoms with van der Waals surface area (Å²) in [6.07, 6.45) is 1.22. The normalized spacial score (nSPS) is 22.1. The summed E-state index contributed by atoms with van der Waals surface area (Å²) in [7, 11) is 0. The molecule has 3 aliphatic rings. The summed E-state index contributed by atoms with van der Waals surface area (Å²) >= 11 is 5.97. The molecule has 6 rings (SSSR count). The van der Waals surface area contributed by atoms with Crippen LogP contribution in [-0.2, 0) is 9.53 Å². The van der Waals surface area contributed by atoms with Crippen molar-refractivity contribution in [2.24, 2.45) is 11.8 Å². The van der Waals surface area contributed by atoms with Gasteiger partial charge < -0.3 is 26.2 Å². The molecule has 3 fully saturated rings. The molecule has 200 valence electrons. The van der Waals surface area contributed by atoms with Gasteiger partial charge >= 0.3 is 5.97 Å². The van der Waals surface area contributed by atoms with Crippen LogP contribution in [0.2, 0.25) is 5.02 Å². The second-order valence-corrected chi connectivity index (χ2v) is 10.8. The summed E-state index contributed by atoms with van der Waals surface area (Å²) in [4.78, 5) is 26.2. The number of ketones is 1. The maximum atomic E-state index is 14.0. The molecule has 38 heavy (non-hydrogen) atoms. The van der Waals surface area contributed by atoms with Gasteiger partial charge in [0, 0.05) is 29.3 Å². The summed E-state index contributed by atoms with van der Waals surface area (Å²) in [5.74, 6) is -0.739. The maximum Gasteiger partial charge on any atom is 0.307 e. The van der Waals surface area contributed by atoms with Gasteiger partial charge in [-0.05, 0) is 65.6 Å². The fourth-order valence-corrected chi connectivity index (χ4v) is 6.11. The molecule has 0 aliphatic carbocycles. The zero-order valence-electron chi connectivity index (χ0n) is 20.8. The quantitative estimate of drug-likeness (QED) is 0.225. The van der Waals surface area contributed by atoms with E-state index >= 15 is 0 Å². The van der Waals surface area contributed by atoms with Gasteiger partial charge in [0.15, 0.2) is 6.10 Å². The average molecular weight is 605 g/mol. The molecule has 1 atom stereocenters. The lowest BCUT2D eigenvalue weighted by atomic mass is 9.75. The van der Waals surface area contributed by atoms with E-state index in [0.29, 0.717) is 38.7 Å². The van der Waals surface area contributed by atoms with Crippen molar-refractivity contribution in [3.8, 4) is 0 Å². The number of Topliss-reactive ketones (excluding diaryl/α,β-unsaturated/α-hetero) is 1. The van der Waals surface area contributed by atoms with Crippen LogP contribution in [-0.4, -0.2) is 42.4 Å². The fraction of sp³-hybridized carbons (Fsp3) is 0.333. The van der Waals surface area contributed by atoms with Crippen molar-refractivity contribution in [3.63, 3.8) is 0 Å². The topological polar surface area (TPSA) is 43.4 Å². The molecule has 8 heteroatoms. The number of rotatable bonds is 8. The van der Waals surface area contributed by atoms with Crippen LogP contribution >= 0.6 is 11.6 Å². The highest BCUT2D eigenvalue weighted by atomic mass is 79.9. The largest absolute Gasteiger partial charge is 1.00 e. The number of carbonyl (C=O) groups is 2. The number of benzene rings is 3. The van der Waals surface area contributed by atoms with Gasteiger partial charge in [-0.25, -0.2) is 8.78 Å². The number of fused-ring (bicyclic) bond motifs is 3. The number of ether oxygens (including phenoxy) is 1. The Morgan fingerprint density at radius 3 is 2.05 bits per heavy atom. The third-order valence-corrected chi connectivity index (χ3v) is 8.12. The van der Waals surface area contributed by atoms with E-state index in [4.69, 9.17) is 16.3 Å². The Bertz CT molecular complexity index is 1250. The molecule has 0 aromatic heterocycles. The molecule has 3 aliphatic heterocycles. The Hall–Kier alpha value is -2.61. The van der Waals surface area contributed by atoms with Gasteiger partial charge in [0.25, 0.3) is 0 Å². The molecule has 3 aromatic carbocycles. The molecule has 2 bridgehead atoms. The van der Waals surface area contributed by atoms with E-state index in [0.717, 1.165) is 32.5 Å². The number of carbonyl (C=O) groups excluding carboxylic acids is 2. The van der Waals surface area contributed by atoms with Crippen molar-refractivity contribution < 1.29 is 44.6 Å². The van der Waals surface area contributed by atoms with E-state index in [1.807, 2.05) is 0 Å². The fourth-order valence-electron chi connectivity index (χ4n) is 5.98. The van der Waals surface area contributed by atoms with E-state index in [-0.39, 0.29) is 35.1 Å². The third-order valence-electron chi connectivity index (χ3n) is 7.86. The van der Waals surface area contributed by atoms with E-state index in [2.05, 4.69) is 0 Å². The van der Waals surface area contributed by atoms with Gasteiger partial charge in [-0.1, -0.05) is 35.9 Å². The Morgan fingerprint density at radius 1 is 0.921 bits per heavy atom. The molecule has 0 radical (unpaired) electrons. The van der Waals surface area contributed by atoms with Crippen molar-refractivity contribution in [1.29, 1.82) is 0 Å². The summed E-state index contributed by atoms with van der Waals surface area (Å²) in [5.41, 5.74) is 1.54. The predicted molar refractivity (Wildman–Crippen MR) is 137 cm³/mol. The van der Waals surface area contributed by atoms with Crippen molar-refractivity contribution in [2.45, 2.75) is 25.4 Å². The first-order valence-electron chi connectivity index (χ1n) is 12.6. The minimum atomic E-state index is -0.908. The molecular formula is C30H29BrClF2NO3. The summed E-state index contributed by atoms with van der Waals surface area (Å²) < 4.78 is 34.5. The Balaban J connectivity index is 0.00000336. The Morgan fingerprint density at radius 2 is 1.50 bits per heavy atom. The lowest BCUT2D eigenvalue weighted by Gasteiger charge is -2.52. The minimum Gasteiger partial charge on any atom is -1.00 e. The van der Waals surface area contributed by atoms with E-state index in [1.54, 1.807) is 48.5 Å². The standard InChI is InChI=1S/C30H29ClF2NO3.BrH/c31-25-9-7-21(8-10-25)28(35)19-34-13-11-20(12-14-34)24(18-34)17-29(36)37-30(22-3-1-5-26(32)15-22)23-4-2-6-27(33)16-23;/h1-10,15-16,20,24,30H,11-14,17-19H2;1H/q+1;/p-1/t20?,24-,34?;/m0./s1. The van der Waals surface area contributed by atoms with Gasteiger partial charge in [-0.15, -0.1) is 0 Å². The van der Waals surface area contributed by atoms with Crippen LogP contribution in [0.3, 0.4) is 0 Å². The molecule has 0 spiro atoms. The van der Waals surface area contributed by atoms with E-state index in [9.17, 15) is 18.4 Å².